The van der Waals surface area contributed by atoms with Gasteiger partial charge < -0.3 is 28.9 Å². The third-order valence-electron chi connectivity index (χ3n) is 4.42. The number of nitrogens with one attached hydrogen (secondary N) is 2. The summed E-state index contributed by atoms with van der Waals surface area (Å²) in [5.74, 6) is 2.17. The molecule has 2 aromatic carbocycles. The van der Waals surface area contributed by atoms with Crippen LogP contribution in [-0.4, -0.2) is 38.4 Å². The van der Waals surface area contributed by atoms with E-state index in [1.807, 2.05) is 0 Å². The van der Waals surface area contributed by atoms with Crippen molar-refractivity contribution in [2.24, 2.45) is 0 Å². The van der Waals surface area contributed by atoms with Crippen molar-refractivity contribution in [3.05, 3.63) is 78.9 Å². The van der Waals surface area contributed by atoms with Gasteiger partial charge in [0.2, 0.25) is 0 Å². The highest BCUT2D eigenvalue weighted by Crippen LogP contribution is 2.28. The molecule has 3 rings (SSSR count). The van der Waals surface area contributed by atoms with E-state index in [1.54, 1.807) is 48.6 Å². The molecule has 8 nitrogen and oxygen atoms in total. The third-order valence-corrected chi connectivity index (χ3v) is 4.42. The van der Waals surface area contributed by atoms with E-state index in [9.17, 15) is 9.59 Å². The summed E-state index contributed by atoms with van der Waals surface area (Å²) in [5.41, 5.74) is 0.475. The monoisotopic (exact) mass is 410 g/mol. The van der Waals surface area contributed by atoms with Gasteiger partial charge in [0.15, 0.2) is 23.0 Å². The van der Waals surface area contributed by atoms with E-state index in [0.29, 0.717) is 34.1 Å². The second-order valence-corrected chi connectivity index (χ2v) is 6.25. The molecule has 0 aliphatic heterocycles. The topological polar surface area (TPSA) is 103 Å². The summed E-state index contributed by atoms with van der Waals surface area (Å²) in [5, 5.41) is 0.244. The van der Waals surface area contributed by atoms with Crippen LogP contribution in [0, 0.1) is 0 Å². The highest BCUT2D eigenvalue weighted by molar-refractivity contribution is 5.56. The van der Waals surface area contributed by atoms with Gasteiger partial charge >= 0.3 is 0 Å². The average Bonchev–Trinajstić information content (AvgIpc) is 2.76. The van der Waals surface area contributed by atoms with E-state index in [1.165, 1.54) is 28.4 Å². The highest BCUT2D eigenvalue weighted by atomic mass is 16.5. The molecule has 2 N–H and O–H groups in total. The predicted octanol–water partition coefficient (Wildman–Crippen LogP) is 0.755. The lowest BCUT2D eigenvalue weighted by atomic mass is 10.2. The van der Waals surface area contributed by atoms with Gasteiger partial charge in [-0.15, -0.1) is 0 Å². The molecular weight excluding hydrogens is 388 g/mol. The number of hydrogen-bond acceptors (Lipinski definition) is 6. The first-order valence-corrected chi connectivity index (χ1v) is 8.99. The van der Waals surface area contributed by atoms with Crippen molar-refractivity contribution < 1.29 is 18.9 Å². The number of benzene rings is 2. The lowest BCUT2D eigenvalue weighted by Crippen LogP contribution is -2.46. The van der Waals surface area contributed by atoms with Crippen LogP contribution in [0.15, 0.2) is 46.0 Å². The minimum Gasteiger partial charge on any atom is -0.493 e. The average molecular weight is 410 g/mol. The predicted molar refractivity (Wildman–Crippen MR) is 113 cm³/mol. The van der Waals surface area contributed by atoms with Gasteiger partial charge in [0.1, 0.15) is 10.7 Å². The number of aromatic nitrogens is 2. The summed E-state index contributed by atoms with van der Waals surface area (Å²) in [6.45, 7) is 0. The maximum absolute atomic E-state index is 12.5. The van der Waals surface area contributed by atoms with Crippen LogP contribution in [0.5, 0.6) is 23.0 Å². The van der Waals surface area contributed by atoms with Crippen molar-refractivity contribution >= 4 is 12.2 Å². The Morgan fingerprint density at radius 2 is 0.967 bits per heavy atom. The van der Waals surface area contributed by atoms with E-state index in [0.717, 1.165) is 0 Å². The van der Waals surface area contributed by atoms with E-state index in [4.69, 9.17) is 18.9 Å². The van der Waals surface area contributed by atoms with Crippen LogP contribution in [0.1, 0.15) is 11.1 Å². The maximum Gasteiger partial charge on any atom is 0.272 e. The van der Waals surface area contributed by atoms with Crippen LogP contribution in [0.25, 0.3) is 12.2 Å². The number of hydrogen-bond donors (Lipinski definition) is 2. The molecule has 1 heterocycles. The molecule has 0 bridgehead atoms. The van der Waals surface area contributed by atoms with E-state index >= 15 is 0 Å². The third kappa shape index (κ3) is 4.38. The van der Waals surface area contributed by atoms with Crippen LogP contribution in [0.3, 0.4) is 0 Å². The Labute approximate surface area is 172 Å². The second-order valence-electron chi connectivity index (χ2n) is 6.25. The molecule has 0 atom stereocenters. The number of ether oxygens (including phenoxy) is 4. The quantitative estimate of drug-likeness (QED) is 0.622. The van der Waals surface area contributed by atoms with Crippen LogP contribution in [0.4, 0.5) is 0 Å². The molecule has 30 heavy (non-hydrogen) atoms. The number of rotatable bonds is 6. The van der Waals surface area contributed by atoms with Gasteiger partial charge in [-0.1, -0.05) is 12.1 Å². The number of aromatic amines is 2. The second kappa shape index (κ2) is 9.04. The van der Waals surface area contributed by atoms with E-state index < -0.39 is 11.1 Å². The summed E-state index contributed by atoms with van der Waals surface area (Å²) in [6, 6.07) is 10.4. The number of H-pyrrole nitrogens is 2. The van der Waals surface area contributed by atoms with Crippen molar-refractivity contribution in [1.29, 1.82) is 0 Å². The molecule has 0 amide bonds. The van der Waals surface area contributed by atoms with Crippen LogP contribution < -0.4 is 40.8 Å². The fourth-order valence-corrected chi connectivity index (χ4v) is 2.91. The van der Waals surface area contributed by atoms with Gasteiger partial charge in [-0.3, -0.25) is 9.59 Å². The molecular formula is C22H22N2O6. The molecule has 0 aliphatic carbocycles. The van der Waals surface area contributed by atoms with Crippen molar-refractivity contribution in [2.75, 3.05) is 28.4 Å². The molecule has 1 aromatic heterocycles. The molecule has 3 aromatic rings. The van der Waals surface area contributed by atoms with Gasteiger partial charge in [0.05, 0.1) is 28.4 Å². The van der Waals surface area contributed by atoms with Gasteiger partial charge in [0, 0.05) is 0 Å². The summed E-state index contributed by atoms with van der Waals surface area (Å²) >= 11 is 0. The van der Waals surface area contributed by atoms with Crippen molar-refractivity contribution in [2.45, 2.75) is 0 Å². The zero-order valence-electron chi connectivity index (χ0n) is 17.1. The van der Waals surface area contributed by atoms with Gasteiger partial charge in [-0.25, -0.2) is 0 Å². The van der Waals surface area contributed by atoms with Gasteiger partial charge in [-0.2, -0.15) is 0 Å². The summed E-state index contributed by atoms with van der Waals surface area (Å²) < 4.78 is 20.9. The maximum atomic E-state index is 12.5. The SMILES string of the molecule is COc1ccc(/C=c2\[nH]c(=O)/c(=C\c3ccc(OC)c(OC)c3)[nH]c2=O)cc1OC. The molecule has 0 radical (unpaired) electrons. The summed E-state index contributed by atoms with van der Waals surface area (Å²) in [6.07, 6.45) is 3.12. The van der Waals surface area contributed by atoms with Crippen LogP contribution in [0.2, 0.25) is 0 Å². The normalized spacial score (nSPS) is 12.0. The zero-order chi connectivity index (χ0) is 21.7. The molecule has 0 fully saturated rings. The molecule has 156 valence electrons. The number of methoxy groups -OCH3 is 4. The lowest BCUT2D eigenvalue weighted by Gasteiger charge is -2.07. The Hall–Kier alpha value is -3.94. The van der Waals surface area contributed by atoms with Crippen LogP contribution >= 0.6 is 0 Å². The first-order valence-electron chi connectivity index (χ1n) is 8.99. The first-order chi connectivity index (χ1) is 14.5. The Morgan fingerprint density at radius 1 is 0.600 bits per heavy atom. The van der Waals surface area contributed by atoms with Crippen molar-refractivity contribution in [1.82, 2.24) is 9.97 Å². The minimum absolute atomic E-state index is 0.122. The molecule has 0 saturated carbocycles. The Kier molecular flexibility index (Phi) is 6.26. The summed E-state index contributed by atoms with van der Waals surface area (Å²) in [7, 11) is 6.12. The Morgan fingerprint density at radius 3 is 1.30 bits per heavy atom. The largest absolute Gasteiger partial charge is 0.493 e. The van der Waals surface area contributed by atoms with E-state index in [2.05, 4.69) is 9.97 Å². The minimum atomic E-state index is -0.434. The van der Waals surface area contributed by atoms with Crippen LogP contribution in [-0.2, 0) is 0 Å². The molecule has 8 heteroatoms. The fraction of sp³-hybridized carbons (Fsp3) is 0.182. The van der Waals surface area contributed by atoms with Crippen molar-refractivity contribution in [3.8, 4) is 23.0 Å². The zero-order valence-corrected chi connectivity index (χ0v) is 17.1. The molecule has 0 aliphatic rings. The lowest BCUT2D eigenvalue weighted by molar-refractivity contribution is 0.355. The Bertz CT molecular complexity index is 1190. The molecule has 0 unspecified atom stereocenters. The summed E-state index contributed by atoms with van der Waals surface area (Å²) in [4.78, 5) is 30.3. The first kappa shape index (κ1) is 20.8. The van der Waals surface area contributed by atoms with Gasteiger partial charge in [0.25, 0.3) is 11.1 Å². The Balaban J connectivity index is 2.06. The van der Waals surface area contributed by atoms with E-state index in [-0.39, 0.29) is 10.7 Å². The smallest absolute Gasteiger partial charge is 0.272 e. The molecule has 0 saturated heterocycles. The highest BCUT2D eigenvalue weighted by Gasteiger charge is 2.05. The molecule has 0 spiro atoms. The fourth-order valence-electron chi connectivity index (χ4n) is 2.91. The van der Waals surface area contributed by atoms with Gasteiger partial charge in [-0.05, 0) is 47.5 Å². The standard InChI is InChI=1S/C22H22N2O6/c1-27-17-7-5-13(11-19(17)29-3)9-15-21(25)24-16(22(26)23-15)10-14-6-8-18(28-2)20(12-14)30-4/h5-12H,1-4H3,(H,23,26)(H,24,25)/b15-9-,16-10+. The van der Waals surface area contributed by atoms with Crippen molar-refractivity contribution in [3.63, 3.8) is 0 Å².